The van der Waals surface area contributed by atoms with Crippen LogP contribution in [0, 0.1) is 11.8 Å². The third kappa shape index (κ3) is 4.60. The molecule has 2 N–H and O–H groups in total. The summed E-state index contributed by atoms with van der Waals surface area (Å²) in [6.45, 7) is 1.36. The normalized spacial score (nSPS) is 19.9. The van der Waals surface area contributed by atoms with Crippen molar-refractivity contribution in [1.29, 1.82) is 0 Å². The molecule has 2 amide bonds. The van der Waals surface area contributed by atoms with Gasteiger partial charge in [0.15, 0.2) is 0 Å². The molecule has 2 unspecified atom stereocenters. The van der Waals surface area contributed by atoms with Crippen LogP contribution in [0.5, 0.6) is 0 Å². The Labute approximate surface area is 139 Å². The van der Waals surface area contributed by atoms with Crippen LogP contribution in [0.3, 0.4) is 0 Å². The Hall–Kier alpha value is -1.30. The number of carbonyl (C=O) groups excluding carboxylic acids is 2. The summed E-state index contributed by atoms with van der Waals surface area (Å²) >= 11 is 11.8. The molecule has 1 aromatic carbocycles. The molecule has 1 fully saturated rings. The van der Waals surface area contributed by atoms with E-state index in [0.717, 1.165) is 6.54 Å². The molecule has 0 aliphatic heterocycles. The molecule has 2 atom stereocenters. The third-order valence-electron chi connectivity index (χ3n) is 3.51. The highest BCUT2D eigenvalue weighted by molar-refractivity contribution is 6.36. The summed E-state index contributed by atoms with van der Waals surface area (Å²) in [5, 5.41) is 6.47. The van der Waals surface area contributed by atoms with Gasteiger partial charge in [-0.25, -0.2) is 0 Å². The van der Waals surface area contributed by atoms with Gasteiger partial charge in [0, 0.05) is 18.1 Å². The van der Waals surface area contributed by atoms with Gasteiger partial charge in [0.05, 0.1) is 22.5 Å². The summed E-state index contributed by atoms with van der Waals surface area (Å²) in [4.78, 5) is 26.0. The van der Waals surface area contributed by atoms with Gasteiger partial charge in [-0.2, -0.15) is 0 Å². The quantitative estimate of drug-likeness (QED) is 0.832. The van der Waals surface area contributed by atoms with Crippen LogP contribution < -0.4 is 10.6 Å². The summed E-state index contributed by atoms with van der Waals surface area (Å²) in [7, 11) is 3.88. The molecule has 0 heterocycles. The summed E-state index contributed by atoms with van der Waals surface area (Å²) < 4.78 is 0. The van der Waals surface area contributed by atoms with E-state index in [1.54, 1.807) is 18.2 Å². The van der Waals surface area contributed by atoms with E-state index in [-0.39, 0.29) is 23.7 Å². The van der Waals surface area contributed by atoms with Crippen molar-refractivity contribution < 1.29 is 9.59 Å². The number of nitrogens with zero attached hydrogens (tertiary/aromatic N) is 1. The zero-order valence-electron chi connectivity index (χ0n) is 12.5. The van der Waals surface area contributed by atoms with Crippen molar-refractivity contribution in [2.24, 2.45) is 11.8 Å². The maximum atomic E-state index is 12.1. The number of hydrogen-bond donors (Lipinski definition) is 2. The second-order valence-electron chi connectivity index (χ2n) is 5.66. The highest BCUT2D eigenvalue weighted by Crippen LogP contribution is 2.40. The van der Waals surface area contributed by atoms with Gasteiger partial charge in [0.2, 0.25) is 11.8 Å². The van der Waals surface area contributed by atoms with Crippen molar-refractivity contribution in [3.63, 3.8) is 0 Å². The van der Waals surface area contributed by atoms with Crippen molar-refractivity contribution >= 4 is 40.7 Å². The van der Waals surface area contributed by atoms with Gasteiger partial charge >= 0.3 is 0 Å². The minimum Gasteiger partial charge on any atom is -0.355 e. The van der Waals surface area contributed by atoms with E-state index in [1.165, 1.54) is 0 Å². The number of rotatable bonds is 6. The third-order valence-corrected chi connectivity index (χ3v) is 4.06. The zero-order valence-corrected chi connectivity index (χ0v) is 14.0. The lowest BCUT2D eigenvalue weighted by Gasteiger charge is -2.10. The van der Waals surface area contributed by atoms with Crippen LogP contribution in [0.15, 0.2) is 18.2 Å². The van der Waals surface area contributed by atoms with E-state index >= 15 is 0 Å². The number of halogens is 2. The average molecular weight is 344 g/mol. The zero-order chi connectivity index (χ0) is 16.3. The highest BCUT2D eigenvalue weighted by atomic mass is 35.5. The van der Waals surface area contributed by atoms with Gasteiger partial charge in [-0.1, -0.05) is 23.2 Å². The SMILES string of the molecule is CN(C)CCNC(=O)C1CC1C(=O)Nc1ccc(Cl)cc1Cl. The lowest BCUT2D eigenvalue weighted by Crippen LogP contribution is -2.33. The number of likely N-dealkylation sites (N-methyl/N-ethyl adjacent to an activating group) is 1. The van der Waals surface area contributed by atoms with Gasteiger partial charge in [-0.05, 0) is 38.7 Å². The highest BCUT2D eigenvalue weighted by Gasteiger charge is 2.47. The molecule has 7 heteroatoms. The second-order valence-corrected chi connectivity index (χ2v) is 6.50. The van der Waals surface area contributed by atoms with Gasteiger partial charge < -0.3 is 15.5 Å². The molecule has 1 aliphatic rings. The van der Waals surface area contributed by atoms with Crippen molar-refractivity contribution in [1.82, 2.24) is 10.2 Å². The van der Waals surface area contributed by atoms with Gasteiger partial charge in [-0.3, -0.25) is 9.59 Å². The number of anilines is 1. The average Bonchev–Trinajstić information content (AvgIpc) is 3.22. The molecule has 2 rings (SSSR count). The molecule has 0 bridgehead atoms. The van der Waals surface area contributed by atoms with Gasteiger partial charge in [0.1, 0.15) is 0 Å². The Kier molecular flexibility index (Phi) is 5.67. The molecule has 120 valence electrons. The number of carbonyl (C=O) groups is 2. The molecule has 1 aliphatic carbocycles. The number of hydrogen-bond acceptors (Lipinski definition) is 3. The Balaban J connectivity index is 1.81. The largest absolute Gasteiger partial charge is 0.355 e. The first-order valence-corrected chi connectivity index (χ1v) is 7.82. The first kappa shape index (κ1) is 17.1. The number of amides is 2. The van der Waals surface area contributed by atoms with E-state index in [2.05, 4.69) is 10.6 Å². The van der Waals surface area contributed by atoms with Gasteiger partial charge in [-0.15, -0.1) is 0 Å². The minimum atomic E-state index is -0.286. The van der Waals surface area contributed by atoms with Crippen LogP contribution in [-0.4, -0.2) is 43.9 Å². The Morgan fingerprint density at radius 3 is 2.55 bits per heavy atom. The summed E-state index contributed by atoms with van der Waals surface area (Å²) in [6.07, 6.45) is 0.574. The lowest BCUT2D eigenvalue weighted by atomic mass is 10.2. The molecule has 5 nitrogen and oxygen atoms in total. The number of nitrogens with one attached hydrogen (secondary N) is 2. The first-order valence-electron chi connectivity index (χ1n) is 7.07. The molecular formula is C15H19Cl2N3O2. The van der Waals surface area contributed by atoms with Crippen LogP contribution in [-0.2, 0) is 9.59 Å². The van der Waals surface area contributed by atoms with Crippen LogP contribution in [0.1, 0.15) is 6.42 Å². The standard InChI is InChI=1S/C15H19Cl2N3O2/c1-20(2)6-5-18-14(21)10-8-11(10)15(22)19-13-4-3-9(16)7-12(13)17/h3-4,7,10-11H,5-6,8H2,1-2H3,(H,18,21)(H,19,22). The fourth-order valence-corrected chi connectivity index (χ4v) is 2.58. The lowest BCUT2D eigenvalue weighted by molar-refractivity contribution is -0.125. The Morgan fingerprint density at radius 2 is 1.91 bits per heavy atom. The van der Waals surface area contributed by atoms with Crippen molar-refractivity contribution in [2.75, 3.05) is 32.5 Å². The summed E-state index contributed by atoms with van der Waals surface area (Å²) in [5.74, 6) is -0.777. The molecule has 0 spiro atoms. The van der Waals surface area contributed by atoms with Crippen LogP contribution in [0.4, 0.5) is 5.69 Å². The monoisotopic (exact) mass is 343 g/mol. The van der Waals surface area contributed by atoms with Crippen LogP contribution >= 0.6 is 23.2 Å². The fourth-order valence-electron chi connectivity index (χ4n) is 2.12. The Bertz CT molecular complexity index is 578. The maximum absolute atomic E-state index is 12.1. The Morgan fingerprint density at radius 1 is 1.23 bits per heavy atom. The van der Waals surface area contributed by atoms with Gasteiger partial charge in [0.25, 0.3) is 0 Å². The first-order chi connectivity index (χ1) is 10.4. The topological polar surface area (TPSA) is 61.4 Å². The molecule has 1 saturated carbocycles. The predicted octanol–water partition coefficient (Wildman–Crippen LogP) is 2.25. The van der Waals surface area contributed by atoms with Crippen molar-refractivity contribution in [3.8, 4) is 0 Å². The molecule has 0 saturated heterocycles. The van der Waals surface area contributed by atoms with E-state index in [1.807, 2.05) is 19.0 Å². The molecule has 0 radical (unpaired) electrons. The van der Waals surface area contributed by atoms with Crippen LogP contribution in [0.2, 0.25) is 10.0 Å². The van der Waals surface area contributed by atoms with Crippen LogP contribution in [0.25, 0.3) is 0 Å². The maximum Gasteiger partial charge on any atom is 0.228 e. The molecule has 22 heavy (non-hydrogen) atoms. The summed E-state index contributed by atoms with van der Waals surface area (Å²) in [6, 6.07) is 4.87. The predicted molar refractivity (Wildman–Crippen MR) is 88.3 cm³/mol. The number of benzene rings is 1. The van der Waals surface area contributed by atoms with E-state index < -0.39 is 0 Å². The summed E-state index contributed by atoms with van der Waals surface area (Å²) in [5.41, 5.74) is 0.509. The van der Waals surface area contributed by atoms with E-state index in [9.17, 15) is 9.59 Å². The second kappa shape index (κ2) is 7.31. The molecular weight excluding hydrogens is 325 g/mol. The van der Waals surface area contributed by atoms with Crippen molar-refractivity contribution in [2.45, 2.75) is 6.42 Å². The fraction of sp³-hybridized carbons (Fsp3) is 0.467. The molecule has 0 aromatic heterocycles. The smallest absolute Gasteiger partial charge is 0.228 e. The van der Waals surface area contributed by atoms with E-state index in [0.29, 0.717) is 28.7 Å². The minimum absolute atomic E-state index is 0.0656. The molecule has 1 aromatic rings. The van der Waals surface area contributed by atoms with E-state index in [4.69, 9.17) is 23.2 Å². The van der Waals surface area contributed by atoms with Crippen molar-refractivity contribution in [3.05, 3.63) is 28.2 Å².